The van der Waals surface area contributed by atoms with E-state index in [1.54, 1.807) is 0 Å². The molecule has 3 nitrogen and oxygen atoms in total. The maximum Gasteiger partial charge on any atom is 0.222 e. The summed E-state index contributed by atoms with van der Waals surface area (Å²) in [6.07, 6.45) is 3.70. The van der Waals surface area contributed by atoms with Crippen LogP contribution in [-0.4, -0.2) is 42.2 Å². The highest BCUT2D eigenvalue weighted by molar-refractivity contribution is 7.99. The van der Waals surface area contributed by atoms with E-state index in [0.29, 0.717) is 12.0 Å². The molecule has 1 amide bonds. The predicted molar refractivity (Wildman–Crippen MR) is 103 cm³/mol. The van der Waals surface area contributed by atoms with E-state index in [1.807, 2.05) is 25.6 Å². The van der Waals surface area contributed by atoms with Crippen molar-refractivity contribution in [2.75, 3.05) is 25.4 Å². The molecule has 1 saturated heterocycles. The zero-order valence-corrected chi connectivity index (χ0v) is 16.1. The fourth-order valence-electron chi connectivity index (χ4n) is 3.16. The Morgan fingerprint density at radius 1 is 1.29 bits per heavy atom. The quantitative estimate of drug-likeness (QED) is 0.720. The Hall–Kier alpha value is -1.00. The second-order valence-corrected chi connectivity index (χ2v) is 8.37. The molecule has 2 rings (SSSR count). The molecule has 1 aliphatic heterocycles. The minimum atomic E-state index is 0.0821. The lowest BCUT2D eigenvalue weighted by atomic mass is 9.96. The van der Waals surface area contributed by atoms with Crippen molar-refractivity contribution in [1.29, 1.82) is 0 Å². The number of benzene rings is 1. The van der Waals surface area contributed by atoms with E-state index in [9.17, 15) is 4.79 Å². The van der Waals surface area contributed by atoms with E-state index < -0.39 is 0 Å². The van der Waals surface area contributed by atoms with Gasteiger partial charge in [0, 0.05) is 29.9 Å². The van der Waals surface area contributed by atoms with Gasteiger partial charge in [-0.3, -0.25) is 4.79 Å². The van der Waals surface area contributed by atoms with E-state index in [2.05, 4.69) is 47.5 Å². The zero-order chi connectivity index (χ0) is 17.4. The van der Waals surface area contributed by atoms with Gasteiger partial charge in [-0.15, -0.1) is 11.8 Å². The molecule has 1 heterocycles. The van der Waals surface area contributed by atoms with Gasteiger partial charge in [0.2, 0.25) is 5.91 Å². The summed E-state index contributed by atoms with van der Waals surface area (Å²) in [5.74, 6) is 2.03. The molecular formula is C20H32N2OS. The van der Waals surface area contributed by atoms with Crippen molar-refractivity contribution in [3.8, 4) is 0 Å². The van der Waals surface area contributed by atoms with Crippen LogP contribution in [0.25, 0.3) is 0 Å². The minimum Gasteiger partial charge on any atom is -0.356 e. The highest BCUT2D eigenvalue weighted by Gasteiger charge is 2.23. The third-order valence-corrected chi connectivity index (χ3v) is 5.86. The van der Waals surface area contributed by atoms with Gasteiger partial charge in [-0.25, -0.2) is 0 Å². The SMILES string of the molecule is CC(C)C(=O)NC[C@@H]1CCCN([C@@H](C)CCSc2ccccc2)C1. The minimum absolute atomic E-state index is 0.0821. The first-order valence-electron chi connectivity index (χ1n) is 9.26. The zero-order valence-electron chi connectivity index (χ0n) is 15.3. The Labute approximate surface area is 151 Å². The number of nitrogens with one attached hydrogen (secondary N) is 1. The molecule has 1 aliphatic rings. The van der Waals surface area contributed by atoms with Crippen molar-refractivity contribution < 1.29 is 4.79 Å². The largest absolute Gasteiger partial charge is 0.356 e. The third-order valence-electron chi connectivity index (χ3n) is 4.81. The third kappa shape index (κ3) is 6.48. The average molecular weight is 349 g/mol. The average Bonchev–Trinajstić information content (AvgIpc) is 2.60. The summed E-state index contributed by atoms with van der Waals surface area (Å²) in [5, 5.41) is 3.11. The topological polar surface area (TPSA) is 32.3 Å². The van der Waals surface area contributed by atoms with Crippen molar-refractivity contribution in [1.82, 2.24) is 10.2 Å². The molecule has 0 saturated carbocycles. The van der Waals surface area contributed by atoms with Gasteiger partial charge < -0.3 is 10.2 Å². The molecule has 0 unspecified atom stereocenters. The number of hydrogen-bond donors (Lipinski definition) is 1. The van der Waals surface area contributed by atoms with Crippen LogP contribution in [0.4, 0.5) is 0 Å². The summed E-state index contributed by atoms with van der Waals surface area (Å²) in [7, 11) is 0. The molecule has 0 spiro atoms. The number of rotatable bonds is 8. The normalized spacial score (nSPS) is 20.1. The molecule has 1 aromatic carbocycles. The van der Waals surface area contributed by atoms with Gasteiger partial charge in [0.1, 0.15) is 0 Å². The molecular weight excluding hydrogens is 316 g/mol. The monoisotopic (exact) mass is 348 g/mol. The van der Waals surface area contributed by atoms with Crippen LogP contribution in [0.1, 0.15) is 40.0 Å². The summed E-state index contributed by atoms with van der Waals surface area (Å²) in [5.41, 5.74) is 0. The van der Waals surface area contributed by atoms with Crippen molar-refractivity contribution in [3.05, 3.63) is 30.3 Å². The van der Waals surface area contributed by atoms with Gasteiger partial charge in [0.05, 0.1) is 0 Å². The lowest BCUT2D eigenvalue weighted by Crippen LogP contribution is -2.45. The van der Waals surface area contributed by atoms with E-state index >= 15 is 0 Å². The summed E-state index contributed by atoms with van der Waals surface area (Å²) in [4.78, 5) is 15.7. The van der Waals surface area contributed by atoms with E-state index in [-0.39, 0.29) is 11.8 Å². The summed E-state index contributed by atoms with van der Waals surface area (Å²) in [6, 6.07) is 11.3. The Bertz CT molecular complexity index is 492. The van der Waals surface area contributed by atoms with E-state index in [1.165, 1.54) is 30.7 Å². The van der Waals surface area contributed by atoms with E-state index in [4.69, 9.17) is 0 Å². The van der Waals surface area contributed by atoms with Crippen LogP contribution in [0.5, 0.6) is 0 Å². The second-order valence-electron chi connectivity index (χ2n) is 7.20. The van der Waals surface area contributed by atoms with Crippen LogP contribution in [0, 0.1) is 11.8 Å². The van der Waals surface area contributed by atoms with Crippen LogP contribution in [0.15, 0.2) is 35.2 Å². The summed E-state index contributed by atoms with van der Waals surface area (Å²) < 4.78 is 0. The number of thioether (sulfide) groups is 1. The molecule has 1 fully saturated rings. The number of likely N-dealkylation sites (tertiary alicyclic amines) is 1. The summed E-state index contributed by atoms with van der Waals surface area (Å²) in [6.45, 7) is 9.41. The maximum absolute atomic E-state index is 11.7. The van der Waals surface area contributed by atoms with Crippen LogP contribution in [-0.2, 0) is 4.79 Å². The lowest BCUT2D eigenvalue weighted by molar-refractivity contribution is -0.124. The van der Waals surface area contributed by atoms with Gasteiger partial charge in [-0.1, -0.05) is 32.0 Å². The number of hydrogen-bond acceptors (Lipinski definition) is 3. The van der Waals surface area contributed by atoms with Crippen LogP contribution in [0.2, 0.25) is 0 Å². The number of carbonyl (C=O) groups excluding carboxylic acids is 1. The first-order chi connectivity index (χ1) is 11.6. The first kappa shape index (κ1) is 19.3. The molecule has 0 aromatic heterocycles. The van der Waals surface area contributed by atoms with Crippen LogP contribution in [0.3, 0.4) is 0 Å². The molecule has 0 aliphatic carbocycles. The fourth-order valence-corrected chi connectivity index (χ4v) is 4.20. The van der Waals surface area contributed by atoms with Gasteiger partial charge in [0.15, 0.2) is 0 Å². The lowest BCUT2D eigenvalue weighted by Gasteiger charge is -2.37. The van der Waals surface area contributed by atoms with Crippen molar-refractivity contribution in [2.45, 2.75) is 51.0 Å². The van der Waals surface area contributed by atoms with Gasteiger partial charge in [-0.05, 0) is 56.5 Å². The predicted octanol–water partition coefficient (Wildman–Crippen LogP) is 4.04. The number of nitrogens with zero attached hydrogens (tertiary/aromatic N) is 1. The smallest absolute Gasteiger partial charge is 0.222 e. The molecule has 2 atom stereocenters. The molecule has 1 aromatic rings. The Morgan fingerprint density at radius 3 is 2.75 bits per heavy atom. The van der Waals surface area contributed by atoms with Crippen molar-refractivity contribution in [2.24, 2.45) is 11.8 Å². The molecule has 0 bridgehead atoms. The summed E-state index contributed by atoms with van der Waals surface area (Å²) >= 11 is 1.95. The molecule has 4 heteroatoms. The standard InChI is InChI=1S/C20H32N2OS/c1-16(2)20(23)21-14-18-8-7-12-22(15-18)17(3)11-13-24-19-9-5-4-6-10-19/h4-6,9-10,16-18H,7-8,11-15H2,1-3H3,(H,21,23)/t17-,18-/m0/s1. The van der Waals surface area contributed by atoms with Crippen LogP contribution >= 0.6 is 11.8 Å². The number of piperidine rings is 1. The van der Waals surface area contributed by atoms with Crippen LogP contribution < -0.4 is 5.32 Å². The van der Waals surface area contributed by atoms with Crippen molar-refractivity contribution in [3.63, 3.8) is 0 Å². The Kier molecular flexibility index (Phi) is 8.13. The Morgan fingerprint density at radius 2 is 2.04 bits per heavy atom. The number of carbonyl (C=O) groups is 1. The van der Waals surface area contributed by atoms with Crippen molar-refractivity contribution >= 4 is 17.7 Å². The molecule has 0 radical (unpaired) electrons. The van der Waals surface area contributed by atoms with Gasteiger partial charge in [-0.2, -0.15) is 0 Å². The Balaban J connectivity index is 1.69. The highest BCUT2D eigenvalue weighted by atomic mass is 32.2. The first-order valence-corrected chi connectivity index (χ1v) is 10.2. The molecule has 24 heavy (non-hydrogen) atoms. The number of amides is 1. The fraction of sp³-hybridized carbons (Fsp3) is 0.650. The van der Waals surface area contributed by atoms with Gasteiger partial charge in [0.25, 0.3) is 0 Å². The second kappa shape index (κ2) is 10.1. The molecule has 134 valence electrons. The maximum atomic E-state index is 11.7. The molecule has 1 N–H and O–H groups in total. The highest BCUT2D eigenvalue weighted by Crippen LogP contribution is 2.23. The van der Waals surface area contributed by atoms with E-state index in [0.717, 1.165) is 18.8 Å². The van der Waals surface area contributed by atoms with Gasteiger partial charge >= 0.3 is 0 Å².